The van der Waals surface area contributed by atoms with Crippen molar-refractivity contribution in [3.05, 3.63) is 6.92 Å². The van der Waals surface area contributed by atoms with E-state index in [1.807, 2.05) is 0 Å². The minimum atomic E-state index is 0.967. The normalized spacial score (nSPS) is 6.00. The molecule has 0 unspecified atom stereocenters. The summed E-state index contributed by atoms with van der Waals surface area (Å²) in [5.41, 5.74) is 0. The Kier molecular flexibility index (Phi) is 4.16. The summed E-state index contributed by atoms with van der Waals surface area (Å²) >= 11 is 1.71. The van der Waals surface area contributed by atoms with Crippen LogP contribution in [0.1, 0.15) is 6.42 Å². The zero-order valence-electron chi connectivity index (χ0n) is 2.44. The SMILES string of the molecule is [CH2-]C[CH]=[Nb]. The quantitative estimate of drug-likeness (QED) is 0.363. The van der Waals surface area contributed by atoms with Crippen LogP contribution >= 0.6 is 0 Å². The molecule has 0 atom stereocenters. The molecule has 0 N–H and O–H groups in total. The van der Waals surface area contributed by atoms with E-state index in [1.54, 1.807) is 20.6 Å². The summed E-state index contributed by atoms with van der Waals surface area (Å²) in [5, 5.41) is 0. The molecule has 0 heterocycles. The van der Waals surface area contributed by atoms with Crippen LogP contribution in [0.5, 0.6) is 0 Å². The number of hydrogen-bond donors (Lipinski definition) is 0. The first kappa shape index (κ1) is 4.61. The van der Waals surface area contributed by atoms with E-state index in [4.69, 9.17) is 0 Å². The van der Waals surface area contributed by atoms with Gasteiger partial charge in [-0.3, -0.25) is 0 Å². The first-order valence-corrected chi connectivity index (χ1v) is 2.44. The number of rotatable bonds is 1. The standard InChI is InChI=1S/C3H5.Nb/c1-3-2;/h1H,2-3H2;/q-1;. The van der Waals surface area contributed by atoms with Gasteiger partial charge in [-0.15, -0.1) is 0 Å². The Morgan fingerprint density at radius 3 is 2.25 bits per heavy atom. The van der Waals surface area contributed by atoms with E-state index >= 15 is 0 Å². The topological polar surface area (TPSA) is 0 Å². The molecule has 0 amide bonds. The van der Waals surface area contributed by atoms with E-state index in [1.165, 1.54) is 0 Å². The second kappa shape index (κ2) is 3.61. The molecule has 0 aliphatic rings. The fraction of sp³-hybridized carbons (Fsp3) is 0.333. The Hall–Kier alpha value is 0.610. The van der Waals surface area contributed by atoms with E-state index in [2.05, 4.69) is 11.1 Å². The van der Waals surface area contributed by atoms with E-state index in [0.717, 1.165) is 6.42 Å². The summed E-state index contributed by atoms with van der Waals surface area (Å²) in [6.07, 6.45) is 0.967. The molecule has 0 saturated carbocycles. The fourth-order valence-electron chi connectivity index (χ4n) is 0. The molecule has 0 bridgehead atoms. The van der Waals surface area contributed by atoms with Gasteiger partial charge >= 0.3 is 38.2 Å². The maximum absolute atomic E-state index is 3.56. The molecule has 0 aromatic rings. The Bertz CT molecular complexity index is 17.2. The van der Waals surface area contributed by atoms with E-state index in [-0.39, 0.29) is 0 Å². The second-order valence-corrected chi connectivity index (χ2v) is 1.37. The minimum absolute atomic E-state index is 0.967. The first-order valence-electron chi connectivity index (χ1n) is 1.17. The van der Waals surface area contributed by atoms with Crippen LogP contribution in [0.4, 0.5) is 0 Å². The van der Waals surface area contributed by atoms with Gasteiger partial charge in [-0.2, -0.15) is 0 Å². The van der Waals surface area contributed by atoms with Crippen LogP contribution in [-0.2, 0) is 20.6 Å². The summed E-state index contributed by atoms with van der Waals surface area (Å²) in [6.45, 7) is 3.56. The third-order valence-electron chi connectivity index (χ3n) is 0.129. The molecule has 23 valence electrons. The monoisotopic (exact) mass is 134 g/mol. The molecule has 4 heavy (non-hydrogen) atoms. The summed E-state index contributed by atoms with van der Waals surface area (Å²) in [5.74, 6) is 0. The van der Waals surface area contributed by atoms with Gasteiger partial charge in [0.15, 0.2) is 0 Å². The fourth-order valence-corrected chi connectivity index (χ4v) is 0. The summed E-state index contributed by atoms with van der Waals surface area (Å²) in [6, 6.07) is 0. The van der Waals surface area contributed by atoms with Crippen LogP contribution in [0.2, 0.25) is 0 Å². The van der Waals surface area contributed by atoms with Crippen molar-refractivity contribution in [1.82, 2.24) is 0 Å². The van der Waals surface area contributed by atoms with Crippen molar-refractivity contribution in [2.75, 3.05) is 0 Å². The van der Waals surface area contributed by atoms with E-state index in [9.17, 15) is 0 Å². The summed E-state index contributed by atoms with van der Waals surface area (Å²) < 4.78 is 2.06. The van der Waals surface area contributed by atoms with Crippen molar-refractivity contribution in [2.45, 2.75) is 6.42 Å². The third-order valence-corrected chi connectivity index (χ3v) is 0.764. The van der Waals surface area contributed by atoms with Gasteiger partial charge in [-0.05, 0) is 0 Å². The maximum atomic E-state index is 3.56. The van der Waals surface area contributed by atoms with Gasteiger partial charge in [0.25, 0.3) is 0 Å². The van der Waals surface area contributed by atoms with Crippen molar-refractivity contribution < 1.29 is 20.6 Å². The average Bonchev–Trinajstić information content (AvgIpc) is 1.37. The van der Waals surface area contributed by atoms with Crippen molar-refractivity contribution in [3.8, 4) is 0 Å². The van der Waals surface area contributed by atoms with Gasteiger partial charge in [0, 0.05) is 0 Å². The molecule has 0 aliphatic carbocycles. The molecule has 0 radical (unpaired) electrons. The van der Waals surface area contributed by atoms with Gasteiger partial charge in [0.2, 0.25) is 0 Å². The predicted octanol–water partition coefficient (Wildman–Crippen LogP) is 0.560. The Morgan fingerprint density at radius 2 is 2.25 bits per heavy atom. The van der Waals surface area contributed by atoms with Gasteiger partial charge < -0.3 is 0 Å². The molecular weight excluding hydrogens is 129 g/mol. The predicted molar refractivity (Wildman–Crippen MR) is 16.0 cm³/mol. The molecule has 0 spiro atoms. The second-order valence-electron chi connectivity index (χ2n) is 0.471. The van der Waals surface area contributed by atoms with Crippen LogP contribution in [0.15, 0.2) is 0 Å². The summed E-state index contributed by atoms with van der Waals surface area (Å²) in [7, 11) is 0. The van der Waals surface area contributed by atoms with Crippen LogP contribution in [0.25, 0.3) is 0 Å². The Balaban J connectivity index is 2.30. The van der Waals surface area contributed by atoms with Crippen LogP contribution in [0.3, 0.4) is 0 Å². The molecular formula is C3H5Nb-. The molecule has 0 fully saturated rings. The van der Waals surface area contributed by atoms with E-state index in [0.29, 0.717) is 0 Å². The van der Waals surface area contributed by atoms with Crippen molar-refractivity contribution >= 4 is 4.23 Å². The van der Waals surface area contributed by atoms with Gasteiger partial charge in [-0.1, -0.05) is 0 Å². The molecule has 0 aromatic carbocycles. The van der Waals surface area contributed by atoms with Crippen LogP contribution in [-0.4, -0.2) is 4.23 Å². The molecule has 1 heteroatoms. The molecule has 0 aromatic heterocycles. The van der Waals surface area contributed by atoms with Gasteiger partial charge in [0.1, 0.15) is 0 Å². The Labute approximate surface area is 38.6 Å². The molecule has 0 nitrogen and oxygen atoms in total. The van der Waals surface area contributed by atoms with Gasteiger partial charge in [0.05, 0.1) is 0 Å². The Morgan fingerprint density at radius 1 is 2.00 bits per heavy atom. The van der Waals surface area contributed by atoms with Gasteiger partial charge in [-0.25, -0.2) is 0 Å². The zero-order valence-corrected chi connectivity index (χ0v) is 4.64. The van der Waals surface area contributed by atoms with Crippen LogP contribution in [0, 0.1) is 6.92 Å². The zero-order chi connectivity index (χ0) is 3.41. The van der Waals surface area contributed by atoms with Crippen LogP contribution < -0.4 is 0 Å². The van der Waals surface area contributed by atoms with E-state index < -0.39 is 0 Å². The molecule has 0 aliphatic heterocycles. The number of hydrogen-bond acceptors (Lipinski definition) is 0. The summed E-state index contributed by atoms with van der Waals surface area (Å²) in [4.78, 5) is 0. The van der Waals surface area contributed by atoms with Crippen molar-refractivity contribution in [2.24, 2.45) is 0 Å². The van der Waals surface area contributed by atoms with Crippen molar-refractivity contribution in [1.29, 1.82) is 0 Å². The van der Waals surface area contributed by atoms with Crippen molar-refractivity contribution in [3.63, 3.8) is 0 Å². The average molecular weight is 134 g/mol. The molecule has 0 saturated heterocycles. The first-order chi connectivity index (χ1) is 1.91. The molecule has 0 rings (SSSR count). The third kappa shape index (κ3) is 2.61.